The van der Waals surface area contributed by atoms with Crippen LogP contribution in [0, 0.1) is 0 Å². The number of ether oxygens (including phenoxy) is 1. The Kier molecular flexibility index (Phi) is 5.84. The van der Waals surface area contributed by atoms with Crippen molar-refractivity contribution < 1.29 is 4.74 Å². The number of rotatable bonds is 6. The van der Waals surface area contributed by atoms with Crippen LogP contribution in [0.1, 0.15) is 29.3 Å². The van der Waals surface area contributed by atoms with Crippen LogP contribution in [-0.4, -0.2) is 44.8 Å². The number of nitrogens with one attached hydrogen (secondary N) is 1. The first-order valence-electron chi connectivity index (χ1n) is 10.5. The highest BCUT2D eigenvalue weighted by molar-refractivity contribution is 7.15. The Balaban J connectivity index is 1.30. The van der Waals surface area contributed by atoms with Gasteiger partial charge in [-0.3, -0.25) is 9.88 Å². The highest BCUT2D eigenvalue weighted by Crippen LogP contribution is 2.26. The predicted molar refractivity (Wildman–Crippen MR) is 123 cm³/mol. The number of fused-ring (bicyclic) bond motifs is 1. The van der Waals surface area contributed by atoms with Crippen LogP contribution in [0.5, 0.6) is 0 Å². The second-order valence-electron chi connectivity index (χ2n) is 7.51. The lowest BCUT2D eigenvalue weighted by Gasteiger charge is -2.33. The summed E-state index contributed by atoms with van der Waals surface area (Å²) < 4.78 is 6.08. The van der Waals surface area contributed by atoms with Gasteiger partial charge in [0, 0.05) is 31.2 Å². The molecule has 0 spiro atoms. The van der Waals surface area contributed by atoms with Gasteiger partial charge in [0.15, 0.2) is 0 Å². The largest absolute Gasteiger partial charge is 0.369 e. The molecule has 158 valence electrons. The molecule has 4 aromatic rings. The lowest BCUT2D eigenvalue weighted by Crippen LogP contribution is -2.38. The minimum atomic E-state index is -0.0655. The number of anilines is 2. The van der Waals surface area contributed by atoms with Crippen LogP contribution in [0.4, 0.5) is 10.9 Å². The third-order valence-corrected chi connectivity index (χ3v) is 6.37. The van der Waals surface area contributed by atoms with E-state index in [9.17, 15) is 0 Å². The minimum Gasteiger partial charge on any atom is -0.369 e. The molecular weight excluding hydrogens is 408 g/mol. The van der Waals surface area contributed by atoms with Gasteiger partial charge in [-0.15, -0.1) is 10.2 Å². The molecule has 1 aliphatic rings. The van der Waals surface area contributed by atoms with E-state index in [1.807, 2.05) is 30.5 Å². The van der Waals surface area contributed by atoms with Crippen LogP contribution >= 0.6 is 11.3 Å². The van der Waals surface area contributed by atoms with Crippen LogP contribution in [0.25, 0.3) is 10.9 Å². The summed E-state index contributed by atoms with van der Waals surface area (Å²) in [5, 5.41) is 14.6. The zero-order valence-electron chi connectivity index (χ0n) is 17.4. The van der Waals surface area contributed by atoms with Crippen molar-refractivity contribution in [2.75, 3.05) is 25.0 Å². The summed E-state index contributed by atoms with van der Waals surface area (Å²) in [4.78, 5) is 11.7. The van der Waals surface area contributed by atoms with Gasteiger partial charge in [-0.25, -0.2) is 4.98 Å². The number of benzene rings is 1. The molecule has 1 unspecified atom stereocenters. The average Bonchev–Trinajstić information content (AvgIpc) is 3.27. The molecule has 0 bridgehead atoms. The fourth-order valence-corrected chi connectivity index (χ4v) is 4.51. The van der Waals surface area contributed by atoms with Crippen LogP contribution in [0.3, 0.4) is 0 Å². The van der Waals surface area contributed by atoms with Crippen molar-refractivity contribution in [1.29, 1.82) is 0 Å². The fraction of sp³-hybridized carbons (Fsp3) is 0.304. The summed E-state index contributed by atoms with van der Waals surface area (Å²) in [7, 11) is 0. The molecule has 1 fully saturated rings. The highest BCUT2D eigenvalue weighted by atomic mass is 32.1. The van der Waals surface area contributed by atoms with E-state index in [1.165, 1.54) is 10.9 Å². The zero-order valence-corrected chi connectivity index (χ0v) is 18.2. The first-order valence-corrected chi connectivity index (χ1v) is 11.3. The molecule has 0 saturated carbocycles. The maximum absolute atomic E-state index is 6.08. The molecule has 4 heterocycles. The Morgan fingerprint density at radius 1 is 1.13 bits per heavy atom. The summed E-state index contributed by atoms with van der Waals surface area (Å²) in [6.07, 6.45) is 2.66. The van der Waals surface area contributed by atoms with E-state index in [2.05, 4.69) is 56.6 Å². The number of pyridine rings is 2. The maximum atomic E-state index is 6.08. The Labute approximate surface area is 185 Å². The molecule has 8 heteroatoms. The standard InChI is InChI=1S/C23H24N6OS/c1-2-22-27-28-23(31-22)26-21-10-4-9-19(25-21)20-15-29(12-13-30-20)14-16-6-3-8-18-17(16)7-5-11-24-18/h3-11,20H,2,12-15H2,1H3,(H,25,26,28). The van der Waals surface area contributed by atoms with Crippen molar-refractivity contribution in [1.82, 2.24) is 25.1 Å². The third-order valence-electron chi connectivity index (χ3n) is 5.39. The molecule has 1 aliphatic heterocycles. The Hall–Kier alpha value is -2.94. The Morgan fingerprint density at radius 2 is 2.06 bits per heavy atom. The molecular formula is C23H24N6OS. The SMILES string of the molecule is CCc1nnc(Nc2cccc(C3CN(Cc4cccc5ncccc45)CCO3)n2)s1. The van der Waals surface area contributed by atoms with Gasteiger partial charge in [0.1, 0.15) is 16.9 Å². The number of nitrogens with zero attached hydrogens (tertiary/aromatic N) is 5. The molecule has 0 radical (unpaired) electrons. The molecule has 0 aliphatic carbocycles. The van der Waals surface area contributed by atoms with Gasteiger partial charge in [-0.1, -0.05) is 42.5 Å². The topological polar surface area (TPSA) is 76.1 Å². The number of hydrogen-bond donors (Lipinski definition) is 1. The molecule has 1 N–H and O–H groups in total. The van der Waals surface area contributed by atoms with Gasteiger partial charge in [-0.2, -0.15) is 0 Å². The van der Waals surface area contributed by atoms with E-state index in [-0.39, 0.29) is 6.10 Å². The van der Waals surface area contributed by atoms with Crippen LogP contribution in [-0.2, 0) is 17.7 Å². The van der Waals surface area contributed by atoms with Crippen molar-refractivity contribution in [2.24, 2.45) is 0 Å². The van der Waals surface area contributed by atoms with E-state index >= 15 is 0 Å². The predicted octanol–water partition coefficient (Wildman–Crippen LogP) is 4.36. The summed E-state index contributed by atoms with van der Waals surface area (Å²) >= 11 is 1.55. The maximum Gasteiger partial charge on any atom is 0.211 e. The van der Waals surface area contributed by atoms with Crippen LogP contribution in [0.15, 0.2) is 54.7 Å². The van der Waals surface area contributed by atoms with E-state index in [1.54, 1.807) is 11.3 Å². The molecule has 31 heavy (non-hydrogen) atoms. The second-order valence-corrected chi connectivity index (χ2v) is 8.57. The number of aromatic nitrogens is 4. The summed E-state index contributed by atoms with van der Waals surface area (Å²) in [6.45, 7) is 5.32. The number of morpholine rings is 1. The van der Waals surface area contributed by atoms with E-state index < -0.39 is 0 Å². The number of hydrogen-bond acceptors (Lipinski definition) is 8. The Bertz CT molecular complexity index is 1170. The molecule has 7 nitrogen and oxygen atoms in total. The minimum absolute atomic E-state index is 0.0655. The number of aryl methyl sites for hydroxylation is 1. The van der Waals surface area contributed by atoms with E-state index in [0.29, 0.717) is 6.61 Å². The third kappa shape index (κ3) is 4.56. The molecule has 1 saturated heterocycles. The van der Waals surface area contributed by atoms with Gasteiger partial charge < -0.3 is 10.1 Å². The first-order chi connectivity index (χ1) is 15.3. The van der Waals surface area contributed by atoms with Crippen LogP contribution in [0.2, 0.25) is 0 Å². The van der Waals surface area contributed by atoms with Crippen molar-refractivity contribution >= 4 is 33.2 Å². The van der Waals surface area contributed by atoms with Gasteiger partial charge in [0.25, 0.3) is 0 Å². The second kappa shape index (κ2) is 9.05. The molecule has 0 amide bonds. The van der Waals surface area contributed by atoms with Crippen molar-refractivity contribution in [3.05, 3.63) is 71.0 Å². The Morgan fingerprint density at radius 3 is 2.97 bits per heavy atom. The lowest BCUT2D eigenvalue weighted by atomic mass is 10.1. The van der Waals surface area contributed by atoms with E-state index in [0.717, 1.165) is 53.2 Å². The highest BCUT2D eigenvalue weighted by Gasteiger charge is 2.24. The van der Waals surface area contributed by atoms with Crippen LogP contribution < -0.4 is 5.32 Å². The smallest absolute Gasteiger partial charge is 0.211 e. The fourth-order valence-electron chi connectivity index (χ4n) is 3.83. The van der Waals surface area contributed by atoms with Gasteiger partial charge in [0.05, 0.1) is 17.8 Å². The van der Waals surface area contributed by atoms with Crippen molar-refractivity contribution in [2.45, 2.75) is 26.0 Å². The monoisotopic (exact) mass is 432 g/mol. The summed E-state index contributed by atoms with van der Waals surface area (Å²) in [6, 6.07) is 16.4. The summed E-state index contributed by atoms with van der Waals surface area (Å²) in [5.41, 5.74) is 3.25. The van der Waals surface area contributed by atoms with Gasteiger partial charge in [-0.05, 0) is 36.2 Å². The summed E-state index contributed by atoms with van der Waals surface area (Å²) in [5.74, 6) is 0.761. The van der Waals surface area contributed by atoms with Gasteiger partial charge >= 0.3 is 0 Å². The van der Waals surface area contributed by atoms with Crippen molar-refractivity contribution in [3.63, 3.8) is 0 Å². The molecule has 1 aromatic carbocycles. The quantitative estimate of drug-likeness (QED) is 0.485. The van der Waals surface area contributed by atoms with Crippen molar-refractivity contribution in [3.8, 4) is 0 Å². The lowest BCUT2D eigenvalue weighted by molar-refractivity contribution is -0.0348. The molecule has 1 atom stereocenters. The van der Waals surface area contributed by atoms with E-state index in [4.69, 9.17) is 9.72 Å². The first kappa shape index (κ1) is 20.0. The molecule has 3 aromatic heterocycles. The zero-order chi connectivity index (χ0) is 21.0. The average molecular weight is 433 g/mol. The van der Waals surface area contributed by atoms with Gasteiger partial charge in [0.2, 0.25) is 5.13 Å². The normalized spacial score (nSPS) is 17.1. The molecule has 5 rings (SSSR count).